The lowest BCUT2D eigenvalue weighted by Gasteiger charge is -2.33. The summed E-state index contributed by atoms with van der Waals surface area (Å²) in [4.78, 5) is 2.50. The fourth-order valence-electron chi connectivity index (χ4n) is 2.88. The van der Waals surface area contributed by atoms with E-state index in [9.17, 15) is 0 Å². The molecule has 0 spiro atoms. The number of likely N-dealkylation sites (N-methyl/N-ethyl adjacent to an activating group) is 1. The Morgan fingerprint density at radius 1 is 1.28 bits per heavy atom. The van der Waals surface area contributed by atoms with Gasteiger partial charge < -0.3 is 10.5 Å². The van der Waals surface area contributed by atoms with E-state index in [2.05, 4.69) is 24.0 Å². The van der Waals surface area contributed by atoms with Gasteiger partial charge in [0.05, 0.1) is 7.11 Å². The van der Waals surface area contributed by atoms with Crippen LogP contribution in [0.3, 0.4) is 0 Å². The van der Waals surface area contributed by atoms with Crippen molar-refractivity contribution in [2.24, 2.45) is 5.73 Å². The number of likely N-dealkylation sites (tertiary alicyclic amines) is 1. The molecule has 3 heteroatoms. The SMILES string of the molecule is CCN1CCCCC(N)C1c1ccc(OC)cc1. The van der Waals surface area contributed by atoms with E-state index in [-0.39, 0.29) is 6.04 Å². The second-order valence-electron chi connectivity index (χ2n) is 5.01. The number of rotatable bonds is 3. The van der Waals surface area contributed by atoms with Crippen LogP contribution in [0.25, 0.3) is 0 Å². The van der Waals surface area contributed by atoms with Gasteiger partial charge in [-0.3, -0.25) is 4.90 Å². The molecular formula is C15H24N2O. The standard InChI is InChI=1S/C15H24N2O/c1-3-17-11-5-4-6-14(16)15(17)12-7-9-13(18-2)10-8-12/h7-10,14-15H,3-6,11,16H2,1-2H3. The van der Waals surface area contributed by atoms with Crippen LogP contribution in [0.5, 0.6) is 5.75 Å². The van der Waals surface area contributed by atoms with Crippen molar-refractivity contribution >= 4 is 0 Å². The van der Waals surface area contributed by atoms with Crippen LogP contribution in [-0.2, 0) is 0 Å². The molecule has 1 aromatic rings. The van der Waals surface area contributed by atoms with E-state index in [1.165, 1.54) is 18.4 Å². The number of nitrogens with two attached hydrogens (primary N) is 1. The molecule has 2 atom stereocenters. The molecule has 1 aliphatic heterocycles. The maximum Gasteiger partial charge on any atom is 0.118 e. The lowest BCUT2D eigenvalue weighted by atomic mass is 9.96. The Balaban J connectivity index is 2.24. The third-order valence-corrected chi connectivity index (χ3v) is 3.90. The lowest BCUT2D eigenvalue weighted by molar-refractivity contribution is 0.195. The molecule has 1 fully saturated rings. The number of benzene rings is 1. The molecule has 0 radical (unpaired) electrons. The summed E-state index contributed by atoms with van der Waals surface area (Å²) in [5, 5.41) is 0. The van der Waals surface area contributed by atoms with E-state index >= 15 is 0 Å². The Bertz CT molecular complexity index is 363. The summed E-state index contributed by atoms with van der Waals surface area (Å²) in [6.45, 7) is 4.43. The molecule has 0 amide bonds. The van der Waals surface area contributed by atoms with Gasteiger partial charge in [-0.05, 0) is 43.6 Å². The van der Waals surface area contributed by atoms with E-state index in [0.717, 1.165) is 25.3 Å². The maximum absolute atomic E-state index is 6.37. The van der Waals surface area contributed by atoms with Crippen molar-refractivity contribution in [2.75, 3.05) is 20.2 Å². The van der Waals surface area contributed by atoms with E-state index in [4.69, 9.17) is 10.5 Å². The summed E-state index contributed by atoms with van der Waals surface area (Å²) in [6, 6.07) is 8.94. The van der Waals surface area contributed by atoms with Crippen LogP contribution in [0, 0.1) is 0 Å². The van der Waals surface area contributed by atoms with Crippen LogP contribution in [0.1, 0.15) is 37.8 Å². The fourth-order valence-corrected chi connectivity index (χ4v) is 2.88. The quantitative estimate of drug-likeness (QED) is 0.893. The molecule has 1 aliphatic rings. The maximum atomic E-state index is 6.37. The van der Waals surface area contributed by atoms with Gasteiger partial charge >= 0.3 is 0 Å². The topological polar surface area (TPSA) is 38.5 Å². The number of nitrogens with zero attached hydrogens (tertiary/aromatic N) is 1. The smallest absolute Gasteiger partial charge is 0.118 e. The molecule has 0 aromatic heterocycles. The summed E-state index contributed by atoms with van der Waals surface area (Å²) < 4.78 is 5.22. The number of methoxy groups -OCH3 is 1. The van der Waals surface area contributed by atoms with Crippen molar-refractivity contribution in [3.05, 3.63) is 29.8 Å². The van der Waals surface area contributed by atoms with Gasteiger partial charge in [-0.15, -0.1) is 0 Å². The van der Waals surface area contributed by atoms with Gasteiger partial charge in [0.1, 0.15) is 5.75 Å². The first-order valence-electron chi connectivity index (χ1n) is 6.90. The van der Waals surface area contributed by atoms with Gasteiger partial charge in [0.15, 0.2) is 0 Å². The van der Waals surface area contributed by atoms with Gasteiger partial charge in [-0.1, -0.05) is 25.5 Å². The molecule has 1 saturated heterocycles. The minimum atomic E-state index is 0.237. The van der Waals surface area contributed by atoms with Crippen LogP contribution in [0.15, 0.2) is 24.3 Å². The van der Waals surface area contributed by atoms with E-state index in [0.29, 0.717) is 6.04 Å². The highest BCUT2D eigenvalue weighted by atomic mass is 16.5. The Hall–Kier alpha value is -1.06. The van der Waals surface area contributed by atoms with Gasteiger partial charge in [-0.2, -0.15) is 0 Å². The van der Waals surface area contributed by atoms with Crippen molar-refractivity contribution in [1.29, 1.82) is 0 Å². The highest BCUT2D eigenvalue weighted by molar-refractivity contribution is 5.30. The average Bonchev–Trinajstić information content (AvgIpc) is 2.60. The second-order valence-corrected chi connectivity index (χ2v) is 5.01. The van der Waals surface area contributed by atoms with Gasteiger partial charge in [-0.25, -0.2) is 0 Å². The van der Waals surface area contributed by atoms with Gasteiger partial charge in [0.2, 0.25) is 0 Å². The second kappa shape index (κ2) is 6.21. The predicted octanol–water partition coefficient (Wildman–Crippen LogP) is 2.57. The average molecular weight is 248 g/mol. The Kier molecular flexibility index (Phi) is 4.61. The van der Waals surface area contributed by atoms with Crippen LogP contribution in [-0.4, -0.2) is 31.1 Å². The summed E-state index contributed by atoms with van der Waals surface area (Å²) in [5.41, 5.74) is 7.69. The molecule has 1 aromatic carbocycles. The Morgan fingerprint density at radius 2 is 2.00 bits per heavy atom. The minimum Gasteiger partial charge on any atom is -0.497 e. The third kappa shape index (κ3) is 2.85. The zero-order valence-corrected chi connectivity index (χ0v) is 11.4. The third-order valence-electron chi connectivity index (χ3n) is 3.90. The molecule has 0 bridgehead atoms. The largest absolute Gasteiger partial charge is 0.497 e. The number of hydrogen-bond donors (Lipinski definition) is 1. The van der Waals surface area contributed by atoms with Crippen molar-refractivity contribution in [2.45, 2.75) is 38.3 Å². The molecular weight excluding hydrogens is 224 g/mol. The van der Waals surface area contributed by atoms with Crippen LogP contribution < -0.4 is 10.5 Å². The van der Waals surface area contributed by atoms with Gasteiger partial charge in [0.25, 0.3) is 0 Å². The summed E-state index contributed by atoms with van der Waals surface area (Å²) in [5.74, 6) is 0.906. The van der Waals surface area contributed by atoms with Crippen LogP contribution in [0.4, 0.5) is 0 Å². The molecule has 0 saturated carbocycles. The number of ether oxygens (including phenoxy) is 1. The number of hydrogen-bond acceptors (Lipinski definition) is 3. The first-order chi connectivity index (χ1) is 8.76. The Morgan fingerprint density at radius 3 is 2.61 bits per heavy atom. The predicted molar refractivity (Wildman–Crippen MR) is 74.8 cm³/mol. The summed E-state index contributed by atoms with van der Waals surface area (Å²) in [7, 11) is 1.70. The molecule has 3 nitrogen and oxygen atoms in total. The van der Waals surface area contributed by atoms with Crippen LogP contribution in [0.2, 0.25) is 0 Å². The van der Waals surface area contributed by atoms with Crippen molar-refractivity contribution in [1.82, 2.24) is 4.90 Å². The Labute approximate surface area is 110 Å². The van der Waals surface area contributed by atoms with Crippen LogP contribution >= 0.6 is 0 Å². The molecule has 1 heterocycles. The van der Waals surface area contributed by atoms with Gasteiger partial charge in [0, 0.05) is 12.1 Å². The zero-order valence-electron chi connectivity index (χ0n) is 11.4. The molecule has 0 aliphatic carbocycles. The molecule has 2 N–H and O–H groups in total. The molecule has 2 rings (SSSR count). The van der Waals surface area contributed by atoms with Crippen molar-refractivity contribution in [3.63, 3.8) is 0 Å². The zero-order chi connectivity index (χ0) is 13.0. The van der Waals surface area contributed by atoms with Crippen molar-refractivity contribution < 1.29 is 4.74 Å². The molecule has 18 heavy (non-hydrogen) atoms. The monoisotopic (exact) mass is 248 g/mol. The van der Waals surface area contributed by atoms with E-state index in [1.54, 1.807) is 7.11 Å². The molecule has 100 valence electrons. The summed E-state index contributed by atoms with van der Waals surface area (Å²) in [6.07, 6.45) is 3.62. The van der Waals surface area contributed by atoms with E-state index in [1.807, 2.05) is 12.1 Å². The fraction of sp³-hybridized carbons (Fsp3) is 0.600. The normalized spacial score (nSPS) is 25.7. The highest BCUT2D eigenvalue weighted by Gasteiger charge is 2.27. The van der Waals surface area contributed by atoms with E-state index < -0.39 is 0 Å². The molecule has 2 unspecified atom stereocenters. The lowest BCUT2D eigenvalue weighted by Crippen LogP contribution is -2.39. The first-order valence-corrected chi connectivity index (χ1v) is 6.90. The summed E-state index contributed by atoms with van der Waals surface area (Å²) >= 11 is 0. The highest BCUT2D eigenvalue weighted by Crippen LogP contribution is 2.30. The first kappa shape index (κ1) is 13.4. The minimum absolute atomic E-state index is 0.237. The van der Waals surface area contributed by atoms with Crippen molar-refractivity contribution in [3.8, 4) is 5.75 Å².